The van der Waals surface area contributed by atoms with E-state index in [-0.39, 0.29) is 6.04 Å². The van der Waals surface area contributed by atoms with Crippen molar-refractivity contribution in [1.29, 1.82) is 0 Å². The number of hydrogen-bond donors (Lipinski definition) is 1. The minimum atomic E-state index is -0.670. The average Bonchev–Trinajstić information content (AvgIpc) is 2.70. The van der Waals surface area contributed by atoms with Gasteiger partial charge in [0.2, 0.25) is 0 Å². The number of aromatic nitrogens is 1. The molecule has 5 heteroatoms. The second-order valence-electron chi connectivity index (χ2n) is 2.98. The van der Waals surface area contributed by atoms with Crippen molar-refractivity contribution in [3.63, 3.8) is 0 Å². The van der Waals surface area contributed by atoms with Crippen LogP contribution in [0.4, 0.5) is 0 Å². The van der Waals surface area contributed by atoms with Crippen molar-refractivity contribution in [2.75, 3.05) is 18.1 Å². The summed E-state index contributed by atoms with van der Waals surface area (Å²) in [6.07, 6.45) is 1.81. The van der Waals surface area contributed by atoms with Crippen molar-refractivity contribution in [1.82, 2.24) is 10.3 Å². The fraction of sp³-hybridized carbons (Fsp3) is 0.667. The largest absolute Gasteiger partial charge is 0.307 e. The van der Waals surface area contributed by atoms with Gasteiger partial charge in [-0.05, 0) is 6.92 Å². The average molecular weight is 232 g/mol. The maximum Gasteiger partial charge on any atom is 0.109 e. The molecular weight excluding hydrogens is 216 g/mol. The number of nitrogens with one attached hydrogen (secondary N) is 1. The van der Waals surface area contributed by atoms with E-state index in [1.54, 1.807) is 11.3 Å². The van der Waals surface area contributed by atoms with E-state index in [2.05, 4.69) is 17.2 Å². The quantitative estimate of drug-likeness (QED) is 0.809. The summed E-state index contributed by atoms with van der Waals surface area (Å²) in [5.74, 6) is 1.47. The lowest BCUT2D eigenvalue weighted by molar-refractivity contribution is 0.593. The van der Waals surface area contributed by atoms with E-state index in [0.29, 0.717) is 0 Å². The Morgan fingerprint density at radius 3 is 3.07 bits per heavy atom. The molecule has 0 aliphatic carbocycles. The van der Waals surface area contributed by atoms with E-state index >= 15 is 0 Å². The summed E-state index contributed by atoms with van der Waals surface area (Å²) in [6, 6.07) is 0.267. The molecule has 0 amide bonds. The molecule has 14 heavy (non-hydrogen) atoms. The van der Waals surface area contributed by atoms with Crippen LogP contribution in [-0.4, -0.2) is 27.2 Å². The van der Waals surface area contributed by atoms with Crippen molar-refractivity contribution in [3.8, 4) is 0 Å². The zero-order valence-electron chi connectivity index (χ0n) is 8.53. The van der Waals surface area contributed by atoms with Crippen LogP contribution in [0.5, 0.6) is 0 Å². The van der Waals surface area contributed by atoms with Gasteiger partial charge in [0.25, 0.3) is 0 Å². The van der Waals surface area contributed by atoms with Gasteiger partial charge < -0.3 is 5.32 Å². The Labute approximate surface area is 91.4 Å². The lowest BCUT2D eigenvalue weighted by Gasteiger charge is -2.09. The highest BCUT2D eigenvalue weighted by Crippen LogP contribution is 2.13. The SMILES string of the molecule is CCS(=O)CCNC(C)c1nccs1. The standard InChI is InChI=1S/C9H16N2OS2/c1-3-14(12)7-5-10-8(2)9-11-4-6-13-9/h4,6,8,10H,3,5,7H2,1-2H3. The molecule has 0 saturated carbocycles. The van der Waals surface area contributed by atoms with E-state index < -0.39 is 10.8 Å². The molecule has 0 spiro atoms. The number of thiazole rings is 1. The van der Waals surface area contributed by atoms with Crippen molar-refractivity contribution in [2.24, 2.45) is 0 Å². The molecule has 80 valence electrons. The monoisotopic (exact) mass is 232 g/mol. The fourth-order valence-electron chi connectivity index (χ4n) is 1.07. The minimum absolute atomic E-state index is 0.267. The third kappa shape index (κ3) is 3.86. The smallest absolute Gasteiger partial charge is 0.109 e. The topological polar surface area (TPSA) is 42.0 Å². The van der Waals surface area contributed by atoms with Crippen LogP contribution < -0.4 is 5.32 Å². The Balaban J connectivity index is 2.22. The molecule has 2 unspecified atom stereocenters. The summed E-state index contributed by atoms with van der Waals surface area (Å²) < 4.78 is 11.1. The van der Waals surface area contributed by atoms with E-state index in [4.69, 9.17) is 0 Å². The summed E-state index contributed by atoms with van der Waals surface area (Å²) in [7, 11) is -0.670. The molecule has 0 bridgehead atoms. The molecule has 1 heterocycles. The Morgan fingerprint density at radius 1 is 1.71 bits per heavy atom. The molecule has 0 aromatic carbocycles. The third-order valence-electron chi connectivity index (χ3n) is 1.92. The van der Waals surface area contributed by atoms with Gasteiger partial charge in [-0.15, -0.1) is 11.3 Å². The Kier molecular flexibility index (Phi) is 5.29. The van der Waals surface area contributed by atoms with Gasteiger partial charge in [0.1, 0.15) is 5.01 Å². The van der Waals surface area contributed by atoms with Crippen LogP contribution in [0, 0.1) is 0 Å². The first-order valence-corrected chi connectivity index (χ1v) is 7.08. The molecule has 1 aromatic heterocycles. The molecule has 1 aromatic rings. The molecule has 0 saturated heterocycles. The van der Waals surface area contributed by atoms with E-state index in [1.807, 2.05) is 18.5 Å². The van der Waals surface area contributed by atoms with Crippen molar-refractivity contribution >= 4 is 22.1 Å². The first-order chi connectivity index (χ1) is 6.74. The van der Waals surface area contributed by atoms with Gasteiger partial charge in [-0.2, -0.15) is 0 Å². The van der Waals surface area contributed by atoms with Gasteiger partial charge >= 0.3 is 0 Å². The van der Waals surface area contributed by atoms with Crippen molar-refractivity contribution < 1.29 is 4.21 Å². The first kappa shape index (κ1) is 11.8. The highest BCUT2D eigenvalue weighted by molar-refractivity contribution is 7.84. The van der Waals surface area contributed by atoms with Crippen LogP contribution in [0.15, 0.2) is 11.6 Å². The number of nitrogens with zero attached hydrogens (tertiary/aromatic N) is 1. The Hall–Kier alpha value is -0.260. The first-order valence-electron chi connectivity index (χ1n) is 4.71. The molecule has 0 aliphatic rings. The Bertz CT molecular complexity index is 274. The van der Waals surface area contributed by atoms with Crippen LogP contribution in [0.2, 0.25) is 0 Å². The lowest BCUT2D eigenvalue weighted by atomic mass is 10.3. The van der Waals surface area contributed by atoms with Gasteiger partial charge in [0, 0.05) is 40.4 Å². The molecule has 0 aliphatic heterocycles. The van der Waals surface area contributed by atoms with E-state index in [1.165, 1.54) is 0 Å². The van der Waals surface area contributed by atoms with Crippen molar-refractivity contribution in [2.45, 2.75) is 19.9 Å². The maximum absolute atomic E-state index is 11.1. The summed E-state index contributed by atoms with van der Waals surface area (Å²) in [5, 5.41) is 6.37. The zero-order valence-corrected chi connectivity index (χ0v) is 10.2. The summed E-state index contributed by atoms with van der Waals surface area (Å²) in [5.41, 5.74) is 0. The fourth-order valence-corrected chi connectivity index (χ4v) is 2.37. The molecule has 0 fully saturated rings. The highest BCUT2D eigenvalue weighted by Gasteiger charge is 2.06. The number of hydrogen-bond acceptors (Lipinski definition) is 4. The van der Waals surface area contributed by atoms with Crippen LogP contribution in [0.3, 0.4) is 0 Å². The molecule has 3 nitrogen and oxygen atoms in total. The summed E-state index contributed by atoms with van der Waals surface area (Å²) >= 11 is 1.65. The van der Waals surface area contributed by atoms with Gasteiger partial charge in [0.15, 0.2) is 0 Å². The summed E-state index contributed by atoms with van der Waals surface area (Å²) in [4.78, 5) is 4.21. The number of rotatable bonds is 6. The normalized spacial score (nSPS) is 15.3. The van der Waals surface area contributed by atoms with Gasteiger partial charge in [-0.3, -0.25) is 4.21 Å². The van der Waals surface area contributed by atoms with Gasteiger partial charge in [0.05, 0.1) is 6.04 Å². The molecule has 1 rings (SSSR count). The van der Waals surface area contributed by atoms with E-state index in [0.717, 1.165) is 23.1 Å². The highest BCUT2D eigenvalue weighted by atomic mass is 32.2. The predicted molar refractivity (Wildman–Crippen MR) is 62.1 cm³/mol. The van der Waals surface area contributed by atoms with Crippen LogP contribution >= 0.6 is 11.3 Å². The maximum atomic E-state index is 11.1. The second kappa shape index (κ2) is 6.27. The predicted octanol–water partition coefficient (Wildman–Crippen LogP) is 1.56. The van der Waals surface area contributed by atoms with E-state index in [9.17, 15) is 4.21 Å². The third-order valence-corrected chi connectivity index (χ3v) is 4.19. The second-order valence-corrected chi connectivity index (χ2v) is 5.77. The van der Waals surface area contributed by atoms with Crippen molar-refractivity contribution in [3.05, 3.63) is 16.6 Å². The van der Waals surface area contributed by atoms with Crippen LogP contribution in [0.25, 0.3) is 0 Å². The van der Waals surface area contributed by atoms with Crippen LogP contribution in [-0.2, 0) is 10.8 Å². The molecule has 2 atom stereocenters. The Morgan fingerprint density at radius 2 is 2.50 bits per heavy atom. The minimum Gasteiger partial charge on any atom is -0.307 e. The van der Waals surface area contributed by atoms with Gasteiger partial charge in [-0.25, -0.2) is 4.98 Å². The molecular formula is C9H16N2OS2. The van der Waals surface area contributed by atoms with Gasteiger partial charge in [-0.1, -0.05) is 6.92 Å². The lowest BCUT2D eigenvalue weighted by Crippen LogP contribution is -2.24. The molecule has 1 N–H and O–H groups in total. The van der Waals surface area contributed by atoms with Crippen LogP contribution in [0.1, 0.15) is 24.9 Å². The molecule has 0 radical (unpaired) electrons. The zero-order chi connectivity index (χ0) is 10.4. The summed E-state index contributed by atoms with van der Waals surface area (Å²) in [6.45, 7) is 4.81.